The van der Waals surface area contributed by atoms with Crippen LogP contribution in [0.1, 0.15) is 76.3 Å². The maximum atomic E-state index is 9.35. The zero-order chi connectivity index (χ0) is 15.5. The third-order valence-corrected chi connectivity index (χ3v) is 4.06. The first-order chi connectivity index (χ1) is 10.2. The minimum absolute atomic E-state index is 0.497. The van der Waals surface area contributed by atoms with E-state index in [1.807, 2.05) is 25.1 Å². The molecule has 21 heavy (non-hydrogen) atoms. The van der Waals surface area contributed by atoms with Gasteiger partial charge >= 0.3 is 0 Å². The van der Waals surface area contributed by atoms with Crippen LogP contribution in [0.25, 0.3) is 0 Å². The van der Waals surface area contributed by atoms with Gasteiger partial charge in [0.05, 0.1) is 11.3 Å². The molecule has 0 amide bonds. The molecule has 116 valence electrons. The Morgan fingerprint density at radius 2 is 1.67 bits per heavy atom. The van der Waals surface area contributed by atoms with E-state index < -0.39 is 0 Å². The fraction of sp³-hybridized carbons (Fsp3) is 0.632. The SMILES string of the molecule is CCCCCC(CCCCC)Nc1cccc(C)c1C#N. The summed E-state index contributed by atoms with van der Waals surface area (Å²) in [6, 6.07) is 8.92. The number of hydrogen-bond acceptors (Lipinski definition) is 2. The van der Waals surface area contributed by atoms with Gasteiger partial charge < -0.3 is 5.32 Å². The molecule has 0 saturated carbocycles. The summed E-state index contributed by atoms with van der Waals surface area (Å²) < 4.78 is 0. The van der Waals surface area contributed by atoms with E-state index in [0.717, 1.165) is 16.8 Å². The molecule has 1 aromatic rings. The summed E-state index contributed by atoms with van der Waals surface area (Å²) in [7, 11) is 0. The van der Waals surface area contributed by atoms with Crippen molar-refractivity contribution in [1.82, 2.24) is 0 Å². The summed E-state index contributed by atoms with van der Waals surface area (Å²) in [5.41, 5.74) is 2.87. The van der Waals surface area contributed by atoms with E-state index in [9.17, 15) is 5.26 Å². The Labute approximate surface area is 130 Å². The van der Waals surface area contributed by atoms with Crippen LogP contribution < -0.4 is 5.32 Å². The molecule has 0 aromatic heterocycles. The Balaban J connectivity index is 2.70. The van der Waals surface area contributed by atoms with Crippen LogP contribution in [-0.2, 0) is 0 Å². The second-order valence-electron chi connectivity index (χ2n) is 5.94. The monoisotopic (exact) mass is 286 g/mol. The van der Waals surface area contributed by atoms with Crippen LogP contribution in [0.5, 0.6) is 0 Å². The number of hydrogen-bond donors (Lipinski definition) is 1. The number of nitrogens with one attached hydrogen (secondary N) is 1. The summed E-state index contributed by atoms with van der Waals surface area (Å²) >= 11 is 0. The highest BCUT2D eigenvalue weighted by Crippen LogP contribution is 2.22. The maximum Gasteiger partial charge on any atom is 0.102 e. The second-order valence-corrected chi connectivity index (χ2v) is 5.94. The number of rotatable bonds is 10. The lowest BCUT2D eigenvalue weighted by Gasteiger charge is -2.21. The first-order valence-corrected chi connectivity index (χ1v) is 8.49. The van der Waals surface area contributed by atoms with Gasteiger partial charge in [0.15, 0.2) is 0 Å². The summed E-state index contributed by atoms with van der Waals surface area (Å²) in [5.74, 6) is 0. The predicted molar refractivity (Wildman–Crippen MR) is 91.6 cm³/mol. The first kappa shape index (κ1) is 17.6. The van der Waals surface area contributed by atoms with Gasteiger partial charge in [-0.25, -0.2) is 0 Å². The lowest BCUT2D eigenvalue weighted by Crippen LogP contribution is -2.20. The lowest BCUT2D eigenvalue weighted by molar-refractivity contribution is 0.526. The molecule has 0 aliphatic heterocycles. The zero-order valence-corrected chi connectivity index (χ0v) is 13.9. The molecule has 0 spiro atoms. The van der Waals surface area contributed by atoms with Gasteiger partial charge in [-0.1, -0.05) is 64.5 Å². The standard InChI is InChI=1S/C19H30N2/c1-4-6-8-12-17(13-9-7-5-2)21-19-14-10-11-16(3)18(19)15-20/h10-11,14,17,21H,4-9,12-13H2,1-3H3. The molecular formula is C19H30N2. The number of nitriles is 1. The molecular weight excluding hydrogens is 256 g/mol. The largest absolute Gasteiger partial charge is 0.381 e. The minimum atomic E-state index is 0.497. The third kappa shape index (κ3) is 6.21. The molecule has 0 aliphatic carbocycles. The number of unbranched alkanes of at least 4 members (excludes halogenated alkanes) is 4. The van der Waals surface area contributed by atoms with Crippen molar-refractivity contribution >= 4 is 5.69 Å². The van der Waals surface area contributed by atoms with Crippen LogP contribution in [0.3, 0.4) is 0 Å². The molecule has 0 saturated heterocycles. The smallest absolute Gasteiger partial charge is 0.102 e. The third-order valence-electron chi connectivity index (χ3n) is 4.06. The molecule has 0 aliphatic rings. The maximum absolute atomic E-state index is 9.35. The number of nitrogens with zero attached hydrogens (tertiary/aromatic N) is 1. The Morgan fingerprint density at radius 3 is 2.19 bits per heavy atom. The van der Waals surface area contributed by atoms with Gasteiger partial charge in [0, 0.05) is 6.04 Å². The molecule has 0 heterocycles. The zero-order valence-electron chi connectivity index (χ0n) is 13.9. The van der Waals surface area contributed by atoms with E-state index in [-0.39, 0.29) is 0 Å². The average Bonchev–Trinajstić information content (AvgIpc) is 2.48. The lowest BCUT2D eigenvalue weighted by atomic mass is 10.0. The van der Waals surface area contributed by atoms with E-state index in [1.54, 1.807) is 0 Å². The summed E-state index contributed by atoms with van der Waals surface area (Å²) in [6.45, 7) is 6.49. The highest BCUT2D eigenvalue weighted by Gasteiger charge is 2.11. The van der Waals surface area contributed by atoms with Crippen LogP contribution >= 0.6 is 0 Å². The summed E-state index contributed by atoms with van der Waals surface area (Å²) in [5, 5.41) is 13.0. The van der Waals surface area contributed by atoms with Crippen molar-refractivity contribution in [2.45, 2.75) is 78.2 Å². The molecule has 0 fully saturated rings. The Morgan fingerprint density at radius 1 is 1.05 bits per heavy atom. The number of anilines is 1. The fourth-order valence-corrected chi connectivity index (χ4v) is 2.73. The molecule has 2 nitrogen and oxygen atoms in total. The summed E-state index contributed by atoms with van der Waals surface area (Å²) in [4.78, 5) is 0. The van der Waals surface area contributed by atoms with Crippen LogP contribution in [0.4, 0.5) is 5.69 Å². The molecule has 0 bridgehead atoms. The van der Waals surface area contributed by atoms with Crippen LogP contribution in [0.15, 0.2) is 18.2 Å². The normalized spacial score (nSPS) is 10.6. The fourth-order valence-electron chi connectivity index (χ4n) is 2.73. The molecule has 1 N–H and O–H groups in total. The Bertz CT molecular complexity index is 435. The molecule has 0 radical (unpaired) electrons. The average molecular weight is 286 g/mol. The van der Waals surface area contributed by atoms with Crippen molar-refractivity contribution < 1.29 is 0 Å². The van der Waals surface area contributed by atoms with Crippen LogP contribution in [-0.4, -0.2) is 6.04 Å². The van der Waals surface area contributed by atoms with Gasteiger partial charge in [0.25, 0.3) is 0 Å². The summed E-state index contributed by atoms with van der Waals surface area (Å²) in [6.07, 6.45) is 10.1. The van der Waals surface area contributed by atoms with Crippen molar-refractivity contribution in [1.29, 1.82) is 5.26 Å². The Hall–Kier alpha value is -1.49. The second kappa shape index (κ2) is 10.3. The van der Waals surface area contributed by atoms with E-state index in [4.69, 9.17) is 0 Å². The van der Waals surface area contributed by atoms with Gasteiger partial charge in [-0.3, -0.25) is 0 Å². The van der Waals surface area contributed by atoms with Gasteiger partial charge in [0.1, 0.15) is 6.07 Å². The predicted octanol–water partition coefficient (Wildman–Crippen LogP) is 5.81. The van der Waals surface area contributed by atoms with E-state index in [1.165, 1.54) is 51.4 Å². The molecule has 0 unspecified atom stereocenters. The quantitative estimate of drug-likeness (QED) is 0.551. The van der Waals surface area contributed by atoms with Crippen molar-refractivity contribution in [2.75, 3.05) is 5.32 Å². The van der Waals surface area contributed by atoms with Crippen molar-refractivity contribution in [3.63, 3.8) is 0 Å². The van der Waals surface area contributed by atoms with Crippen molar-refractivity contribution in [3.8, 4) is 6.07 Å². The molecule has 1 rings (SSSR count). The highest BCUT2D eigenvalue weighted by molar-refractivity contribution is 5.61. The topological polar surface area (TPSA) is 35.8 Å². The van der Waals surface area contributed by atoms with E-state index in [0.29, 0.717) is 6.04 Å². The van der Waals surface area contributed by atoms with Crippen molar-refractivity contribution in [2.24, 2.45) is 0 Å². The van der Waals surface area contributed by atoms with Gasteiger partial charge in [-0.2, -0.15) is 5.26 Å². The highest BCUT2D eigenvalue weighted by atomic mass is 14.9. The molecule has 0 atom stereocenters. The van der Waals surface area contributed by atoms with Crippen LogP contribution in [0.2, 0.25) is 0 Å². The van der Waals surface area contributed by atoms with E-state index in [2.05, 4.69) is 25.2 Å². The van der Waals surface area contributed by atoms with Gasteiger partial charge in [0.2, 0.25) is 0 Å². The first-order valence-electron chi connectivity index (χ1n) is 8.49. The minimum Gasteiger partial charge on any atom is -0.381 e. The van der Waals surface area contributed by atoms with Crippen molar-refractivity contribution in [3.05, 3.63) is 29.3 Å². The molecule has 1 aromatic carbocycles. The number of aryl methyl sites for hydroxylation is 1. The van der Waals surface area contributed by atoms with Gasteiger partial charge in [-0.05, 0) is 31.4 Å². The van der Waals surface area contributed by atoms with Crippen LogP contribution in [0, 0.1) is 18.3 Å². The van der Waals surface area contributed by atoms with E-state index >= 15 is 0 Å². The molecule has 2 heteroatoms. The van der Waals surface area contributed by atoms with Gasteiger partial charge in [-0.15, -0.1) is 0 Å². The Kier molecular flexibility index (Phi) is 8.59. The number of benzene rings is 1.